The van der Waals surface area contributed by atoms with Crippen LogP contribution in [-0.2, 0) is 16.0 Å². The van der Waals surface area contributed by atoms with Crippen LogP contribution in [0, 0.1) is 0 Å². The van der Waals surface area contributed by atoms with Gasteiger partial charge in [0.1, 0.15) is 0 Å². The first kappa shape index (κ1) is 14.2. The quantitative estimate of drug-likeness (QED) is 0.695. The first-order valence-corrected chi connectivity index (χ1v) is 6.85. The molecule has 1 atom stereocenters. The molecule has 20 heavy (non-hydrogen) atoms. The number of esters is 1. The van der Waals surface area contributed by atoms with Crippen LogP contribution in [0.2, 0.25) is 0 Å². The minimum Gasteiger partial charge on any atom is -0.465 e. The van der Waals surface area contributed by atoms with Gasteiger partial charge in [0, 0.05) is 0 Å². The molecular formula is C14H13NO4S. The molecule has 0 spiro atoms. The molecule has 0 aliphatic carbocycles. The molecule has 0 aromatic heterocycles. The molecule has 1 unspecified atom stereocenters. The number of para-hydroxylation sites is 2. The van der Waals surface area contributed by atoms with Gasteiger partial charge in [-0.1, -0.05) is 30.3 Å². The van der Waals surface area contributed by atoms with Crippen molar-refractivity contribution in [2.24, 2.45) is 0 Å². The summed E-state index contributed by atoms with van der Waals surface area (Å²) < 4.78 is 27.0. The van der Waals surface area contributed by atoms with Gasteiger partial charge >= 0.3 is 5.97 Å². The summed E-state index contributed by atoms with van der Waals surface area (Å²) in [6, 6.07) is 15.1. The van der Waals surface area contributed by atoms with Crippen LogP contribution in [0.3, 0.4) is 0 Å². The zero-order valence-electron chi connectivity index (χ0n) is 10.7. The molecule has 0 saturated heterocycles. The highest BCUT2D eigenvalue weighted by atomic mass is 32.2. The molecule has 6 heteroatoms. The van der Waals surface area contributed by atoms with Gasteiger partial charge in [0.2, 0.25) is 0 Å². The summed E-state index contributed by atoms with van der Waals surface area (Å²) in [6.07, 6.45) is 0. The molecule has 2 aromatic rings. The minimum absolute atomic E-state index is 0.223. The fourth-order valence-corrected chi connectivity index (χ4v) is 2.44. The predicted octanol–water partition coefficient (Wildman–Crippen LogP) is 2.75. The number of rotatable bonds is 4. The Balaban J connectivity index is 2.57. The van der Waals surface area contributed by atoms with Crippen molar-refractivity contribution in [1.82, 2.24) is 0 Å². The molecule has 0 fully saturated rings. The molecule has 0 radical (unpaired) electrons. The lowest BCUT2D eigenvalue weighted by Gasteiger charge is -2.21. The number of benzene rings is 2. The molecule has 2 aromatic carbocycles. The lowest BCUT2D eigenvalue weighted by Crippen LogP contribution is -2.22. The van der Waals surface area contributed by atoms with Crippen LogP contribution in [0.15, 0.2) is 54.6 Å². The molecule has 5 nitrogen and oxygen atoms in total. The normalized spacial score (nSPS) is 11.7. The van der Waals surface area contributed by atoms with Gasteiger partial charge in [0.05, 0.1) is 24.0 Å². The highest BCUT2D eigenvalue weighted by Gasteiger charge is 2.21. The number of methoxy groups -OCH3 is 1. The molecule has 1 N–H and O–H groups in total. The average molecular weight is 291 g/mol. The van der Waals surface area contributed by atoms with Gasteiger partial charge in [-0.15, -0.1) is 0 Å². The molecule has 0 aliphatic heterocycles. The minimum atomic E-state index is -2.31. The highest BCUT2D eigenvalue weighted by molar-refractivity contribution is 7.81. The average Bonchev–Trinajstić information content (AvgIpc) is 2.48. The Morgan fingerprint density at radius 2 is 1.70 bits per heavy atom. The Labute approximate surface area is 119 Å². The van der Waals surface area contributed by atoms with Crippen molar-refractivity contribution in [3.63, 3.8) is 0 Å². The smallest absolute Gasteiger partial charge is 0.340 e. The van der Waals surface area contributed by atoms with E-state index in [0.717, 1.165) is 4.31 Å². The molecular weight excluding hydrogens is 278 g/mol. The Hall–Kier alpha value is -2.18. The number of nitrogens with zero attached hydrogens (tertiary/aromatic N) is 1. The van der Waals surface area contributed by atoms with Gasteiger partial charge in [-0.05, 0) is 24.3 Å². The number of carbonyl (C=O) groups excluding carboxylic acids is 1. The van der Waals surface area contributed by atoms with Crippen molar-refractivity contribution in [3.05, 3.63) is 60.2 Å². The van der Waals surface area contributed by atoms with E-state index in [4.69, 9.17) is 4.74 Å². The van der Waals surface area contributed by atoms with Gasteiger partial charge in [-0.3, -0.25) is 4.55 Å². The van der Waals surface area contributed by atoms with Crippen LogP contribution in [-0.4, -0.2) is 21.8 Å². The second-order valence-electron chi connectivity index (χ2n) is 3.87. The van der Waals surface area contributed by atoms with E-state index < -0.39 is 17.2 Å². The van der Waals surface area contributed by atoms with Crippen LogP contribution >= 0.6 is 0 Å². The maximum Gasteiger partial charge on any atom is 0.340 e. The van der Waals surface area contributed by atoms with Crippen molar-refractivity contribution < 1.29 is 18.3 Å². The number of hydrogen-bond acceptors (Lipinski definition) is 3. The summed E-state index contributed by atoms with van der Waals surface area (Å²) >= 11 is -2.31. The van der Waals surface area contributed by atoms with Crippen LogP contribution in [0.25, 0.3) is 0 Å². The molecule has 0 heterocycles. The van der Waals surface area contributed by atoms with Crippen molar-refractivity contribution >= 4 is 28.6 Å². The van der Waals surface area contributed by atoms with Crippen LogP contribution in [0.5, 0.6) is 0 Å². The summed E-state index contributed by atoms with van der Waals surface area (Å²) in [5.74, 6) is -0.563. The van der Waals surface area contributed by atoms with E-state index in [9.17, 15) is 13.6 Å². The third-order valence-corrected chi connectivity index (χ3v) is 3.39. The maximum atomic E-state index is 11.8. The maximum absolute atomic E-state index is 11.8. The summed E-state index contributed by atoms with van der Waals surface area (Å²) in [7, 11) is 1.27. The fraction of sp³-hybridized carbons (Fsp3) is 0.0714. The molecule has 2 rings (SSSR count). The van der Waals surface area contributed by atoms with Crippen molar-refractivity contribution in [3.8, 4) is 0 Å². The Kier molecular flexibility index (Phi) is 4.49. The first-order chi connectivity index (χ1) is 9.65. The molecule has 0 aliphatic rings. The first-order valence-electron chi connectivity index (χ1n) is 5.78. The SMILES string of the molecule is COC(=O)c1ccccc1N(c1ccccc1)S(=O)O. The zero-order valence-corrected chi connectivity index (χ0v) is 11.5. The van der Waals surface area contributed by atoms with Crippen molar-refractivity contribution in [2.45, 2.75) is 0 Å². The van der Waals surface area contributed by atoms with Gasteiger partial charge in [-0.2, -0.15) is 0 Å². The van der Waals surface area contributed by atoms with E-state index in [1.54, 1.807) is 54.6 Å². The van der Waals surface area contributed by atoms with E-state index in [1.807, 2.05) is 0 Å². The lowest BCUT2D eigenvalue weighted by atomic mass is 10.1. The van der Waals surface area contributed by atoms with E-state index >= 15 is 0 Å². The van der Waals surface area contributed by atoms with Crippen LogP contribution in [0.4, 0.5) is 11.4 Å². The summed E-state index contributed by atoms with van der Waals surface area (Å²) in [4.78, 5) is 11.8. The van der Waals surface area contributed by atoms with Gasteiger partial charge in [0.25, 0.3) is 11.3 Å². The van der Waals surface area contributed by atoms with Crippen LogP contribution < -0.4 is 4.31 Å². The number of anilines is 2. The monoisotopic (exact) mass is 291 g/mol. The van der Waals surface area contributed by atoms with E-state index in [1.165, 1.54) is 7.11 Å². The molecule has 0 amide bonds. The Bertz CT molecular complexity index is 630. The third-order valence-electron chi connectivity index (χ3n) is 2.68. The second-order valence-corrected chi connectivity index (χ2v) is 4.70. The van der Waals surface area contributed by atoms with Crippen molar-refractivity contribution in [2.75, 3.05) is 11.4 Å². The van der Waals surface area contributed by atoms with Crippen LogP contribution in [0.1, 0.15) is 10.4 Å². The second kappa shape index (κ2) is 6.31. The molecule has 104 valence electrons. The Morgan fingerprint density at radius 3 is 2.30 bits per heavy atom. The molecule has 0 saturated carbocycles. The van der Waals surface area contributed by atoms with E-state index in [-0.39, 0.29) is 5.56 Å². The van der Waals surface area contributed by atoms with Gasteiger partial charge in [0.15, 0.2) is 0 Å². The van der Waals surface area contributed by atoms with E-state index in [2.05, 4.69) is 0 Å². The predicted molar refractivity (Wildman–Crippen MR) is 77.1 cm³/mol. The fourth-order valence-electron chi connectivity index (χ4n) is 1.81. The third kappa shape index (κ3) is 2.87. The molecule has 0 bridgehead atoms. The summed E-state index contributed by atoms with van der Waals surface area (Å²) in [6.45, 7) is 0. The standard InChI is InChI=1S/C14H13NO4S/c1-19-14(16)12-9-5-6-10-13(12)15(20(17)18)11-7-3-2-4-8-11/h2-10H,1H3,(H,17,18). The topological polar surface area (TPSA) is 66.8 Å². The lowest BCUT2D eigenvalue weighted by molar-refractivity contribution is 0.0602. The highest BCUT2D eigenvalue weighted by Crippen LogP contribution is 2.30. The summed E-state index contributed by atoms with van der Waals surface area (Å²) in [5, 5.41) is 0. The van der Waals surface area contributed by atoms with Gasteiger partial charge in [-0.25, -0.2) is 13.3 Å². The Morgan fingerprint density at radius 1 is 1.10 bits per heavy atom. The zero-order chi connectivity index (χ0) is 14.5. The van der Waals surface area contributed by atoms with Gasteiger partial charge < -0.3 is 4.74 Å². The van der Waals surface area contributed by atoms with Crippen molar-refractivity contribution in [1.29, 1.82) is 0 Å². The largest absolute Gasteiger partial charge is 0.465 e. The van der Waals surface area contributed by atoms with E-state index in [0.29, 0.717) is 11.4 Å². The number of carbonyl (C=O) groups is 1. The summed E-state index contributed by atoms with van der Waals surface area (Å²) in [5.41, 5.74) is 1.04. The number of hydrogen-bond donors (Lipinski definition) is 1. The number of ether oxygens (including phenoxy) is 1.